The highest BCUT2D eigenvalue weighted by atomic mass is 16.6. The van der Waals surface area contributed by atoms with Gasteiger partial charge in [-0.05, 0) is 24.5 Å². The van der Waals surface area contributed by atoms with Gasteiger partial charge in [0.05, 0.1) is 16.2 Å². The third-order valence-electron chi connectivity index (χ3n) is 4.52. The summed E-state index contributed by atoms with van der Waals surface area (Å²) in [5.74, 6) is -1.12. The minimum Gasteiger partial charge on any atom is -0.460 e. The molecule has 3 rings (SSSR count). The van der Waals surface area contributed by atoms with Gasteiger partial charge in [-0.15, -0.1) is 0 Å². The van der Waals surface area contributed by atoms with E-state index in [1.54, 1.807) is 6.07 Å². The summed E-state index contributed by atoms with van der Waals surface area (Å²) in [6.45, 7) is 1.38. The molecule has 0 aromatic heterocycles. The fourth-order valence-electron chi connectivity index (χ4n) is 3.09. The highest BCUT2D eigenvalue weighted by Gasteiger charge is 2.23. The predicted molar refractivity (Wildman–Crippen MR) is 103 cm³/mol. The third kappa shape index (κ3) is 4.85. The SMILES string of the molecule is O=C(CNC(=O)c1cc([N+](=O)[O-])ccc1N1CCCC1)OCc1ccccc1. The van der Waals surface area contributed by atoms with Crippen molar-refractivity contribution in [3.05, 3.63) is 69.8 Å². The van der Waals surface area contributed by atoms with Gasteiger partial charge in [0.2, 0.25) is 0 Å². The summed E-state index contributed by atoms with van der Waals surface area (Å²) in [4.78, 5) is 37.1. The molecular weight excluding hydrogens is 362 g/mol. The molecule has 1 aliphatic rings. The van der Waals surface area contributed by atoms with Crippen LogP contribution in [0.15, 0.2) is 48.5 Å². The Hall–Kier alpha value is -3.42. The van der Waals surface area contributed by atoms with Gasteiger partial charge in [-0.3, -0.25) is 19.7 Å². The van der Waals surface area contributed by atoms with Gasteiger partial charge in [-0.2, -0.15) is 0 Å². The second-order valence-corrected chi connectivity index (χ2v) is 6.48. The average molecular weight is 383 g/mol. The number of nitrogens with zero attached hydrogens (tertiary/aromatic N) is 2. The van der Waals surface area contributed by atoms with Crippen LogP contribution in [0.25, 0.3) is 0 Å². The molecule has 1 heterocycles. The Morgan fingerprint density at radius 2 is 1.82 bits per heavy atom. The molecule has 1 amide bonds. The zero-order chi connectivity index (χ0) is 19.9. The number of ether oxygens (including phenoxy) is 1. The van der Waals surface area contributed by atoms with Gasteiger partial charge in [-0.25, -0.2) is 0 Å². The maximum atomic E-state index is 12.6. The fourth-order valence-corrected chi connectivity index (χ4v) is 3.09. The molecule has 0 bridgehead atoms. The monoisotopic (exact) mass is 383 g/mol. The van der Waals surface area contributed by atoms with Crippen LogP contribution < -0.4 is 10.2 Å². The number of anilines is 1. The van der Waals surface area contributed by atoms with E-state index in [-0.39, 0.29) is 24.4 Å². The number of hydrogen-bond acceptors (Lipinski definition) is 6. The lowest BCUT2D eigenvalue weighted by atomic mass is 10.1. The van der Waals surface area contributed by atoms with Crippen LogP contribution in [0.4, 0.5) is 11.4 Å². The lowest BCUT2D eigenvalue weighted by molar-refractivity contribution is -0.384. The van der Waals surface area contributed by atoms with Gasteiger partial charge in [-0.1, -0.05) is 30.3 Å². The molecule has 146 valence electrons. The fraction of sp³-hybridized carbons (Fsp3) is 0.300. The summed E-state index contributed by atoms with van der Waals surface area (Å²) in [6.07, 6.45) is 2.01. The van der Waals surface area contributed by atoms with E-state index in [0.29, 0.717) is 5.69 Å². The number of amides is 1. The summed E-state index contributed by atoms with van der Waals surface area (Å²) in [5, 5.41) is 13.6. The van der Waals surface area contributed by atoms with Crippen molar-refractivity contribution in [1.29, 1.82) is 0 Å². The number of hydrogen-bond donors (Lipinski definition) is 1. The second-order valence-electron chi connectivity index (χ2n) is 6.48. The van der Waals surface area contributed by atoms with Crippen LogP contribution in [-0.4, -0.2) is 36.4 Å². The van der Waals surface area contributed by atoms with Gasteiger partial charge in [0, 0.05) is 25.2 Å². The van der Waals surface area contributed by atoms with E-state index < -0.39 is 16.8 Å². The van der Waals surface area contributed by atoms with Gasteiger partial charge >= 0.3 is 5.97 Å². The summed E-state index contributed by atoms with van der Waals surface area (Å²) < 4.78 is 5.13. The third-order valence-corrected chi connectivity index (χ3v) is 4.52. The van der Waals surface area contributed by atoms with Crippen molar-refractivity contribution >= 4 is 23.3 Å². The first-order valence-corrected chi connectivity index (χ1v) is 9.06. The molecule has 0 saturated carbocycles. The van der Waals surface area contributed by atoms with Crippen LogP contribution in [-0.2, 0) is 16.1 Å². The Kier molecular flexibility index (Phi) is 6.21. The minimum absolute atomic E-state index is 0.116. The Bertz CT molecular complexity index is 863. The van der Waals surface area contributed by atoms with Crippen molar-refractivity contribution in [2.45, 2.75) is 19.4 Å². The number of esters is 1. The van der Waals surface area contributed by atoms with Crippen molar-refractivity contribution in [1.82, 2.24) is 5.32 Å². The molecule has 0 unspecified atom stereocenters. The number of nitrogens with one attached hydrogen (secondary N) is 1. The van der Waals surface area contributed by atoms with Gasteiger partial charge in [0.15, 0.2) is 0 Å². The number of rotatable bonds is 7. The molecular formula is C20H21N3O5. The number of carbonyl (C=O) groups excluding carboxylic acids is 2. The molecule has 1 N–H and O–H groups in total. The molecule has 0 radical (unpaired) electrons. The number of carbonyl (C=O) groups is 2. The Labute approximate surface area is 162 Å². The maximum absolute atomic E-state index is 12.6. The first-order valence-electron chi connectivity index (χ1n) is 9.06. The minimum atomic E-state index is -0.578. The van der Waals surface area contributed by atoms with E-state index in [4.69, 9.17) is 4.74 Å². The van der Waals surface area contributed by atoms with Crippen molar-refractivity contribution in [3.8, 4) is 0 Å². The number of nitro benzene ring substituents is 1. The predicted octanol–water partition coefficient (Wildman–Crippen LogP) is 2.67. The standard InChI is InChI=1S/C20H21N3O5/c24-19(28-14-15-6-2-1-3-7-15)13-21-20(25)17-12-16(23(26)27)8-9-18(17)22-10-4-5-11-22/h1-3,6-9,12H,4-5,10-11,13-14H2,(H,21,25). The smallest absolute Gasteiger partial charge is 0.325 e. The van der Waals surface area contributed by atoms with Gasteiger partial charge in [0.1, 0.15) is 13.2 Å². The largest absolute Gasteiger partial charge is 0.460 e. The van der Waals surface area contributed by atoms with Crippen LogP contribution in [0.5, 0.6) is 0 Å². The van der Waals surface area contributed by atoms with E-state index >= 15 is 0 Å². The van der Waals surface area contributed by atoms with Crippen molar-refractivity contribution in [2.75, 3.05) is 24.5 Å². The average Bonchev–Trinajstić information content (AvgIpc) is 3.25. The van der Waals surface area contributed by atoms with Crippen molar-refractivity contribution in [2.24, 2.45) is 0 Å². The Morgan fingerprint density at radius 1 is 1.11 bits per heavy atom. The van der Waals surface area contributed by atoms with Crippen molar-refractivity contribution < 1.29 is 19.2 Å². The molecule has 8 nitrogen and oxygen atoms in total. The van der Waals surface area contributed by atoms with Crippen molar-refractivity contribution in [3.63, 3.8) is 0 Å². The highest BCUT2D eigenvalue weighted by molar-refractivity contribution is 6.01. The molecule has 8 heteroatoms. The van der Waals surface area contributed by atoms with Crippen LogP contribution in [0.3, 0.4) is 0 Å². The second kappa shape index (κ2) is 8.98. The molecule has 1 saturated heterocycles. The zero-order valence-electron chi connectivity index (χ0n) is 15.3. The lowest BCUT2D eigenvalue weighted by Crippen LogP contribution is -2.32. The van der Waals surface area contributed by atoms with Gasteiger partial charge in [0.25, 0.3) is 11.6 Å². The lowest BCUT2D eigenvalue weighted by Gasteiger charge is -2.20. The molecule has 1 aliphatic heterocycles. The van der Waals surface area contributed by atoms with E-state index in [0.717, 1.165) is 31.5 Å². The first kappa shape index (κ1) is 19.3. The Morgan fingerprint density at radius 3 is 2.50 bits per heavy atom. The summed E-state index contributed by atoms with van der Waals surface area (Å²) in [6, 6.07) is 13.4. The van der Waals surface area contributed by atoms with Crippen LogP contribution in [0.2, 0.25) is 0 Å². The van der Waals surface area contributed by atoms with Crippen LogP contribution >= 0.6 is 0 Å². The van der Waals surface area contributed by atoms with E-state index in [1.807, 2.05) is 35.2 Å². The summed E-state index contributed by atoms with van der Waals surface area (Å²) in [7, 11) is 0. The van der Waals surface area contributed by atoms with Crippen LogP contribution in [0.1, 0.15) is 28.8 Å². The van der Waals surface area contributed by atoms with Crippen LogP contribution in [0, 0.1) is 10.1 Å². The zero-order valence-corrected chi connectivity index (χ0v) is 15.3. The number of nitro groups is 1. The summed E-state index contributed by atoms with van der Waals surface area (Å²) >= 11 is 0. The summed E-state index contributed by atoms with van der Waals surface area (Å²) in [5.41, 5.74) is 1.50. The maximum Gasteiger partial charge on any atom is 0.325 e. The molecule has 2 aromatic rings. The molecule has 0 atom stereocenters. The molecule has 2 aromatic carbocycles. The molecule has 0 aliphatic carbocycles. The van der Waals surface area contributed by atoms with E-state index in [9.17, 15) is 19.7 Å². The Balaban J connectivity index is 1.64. The topological polar surface area (TPSA) is 102 Å². The first-order chi connectivity index (χ1) is 13.5. The van der Waals surface area contributed by atoms with Gasteiger partial charge < -0.3 is 15.0 Å². The molecule has 0 spiro atoms. The number of non-ortho nitro benzene ring substituents is 1. The molecule has 1 fully saturated rings. The van der Waals surface area contributed by atoms with E-state index in [1.165, 1.54) is 12.1 Å². The quantitative estimate of drug-likeness (QED) is 0.448. The number of benzene rings is 2. The normalized spacial score (nSPS) is 13.2. The van der Waals surface area contributed by atoms with E-state index in [2.05, 4.69) is 5.32 Å². The highest BCUT2D eigenvalue weighted by Crippen LogP contribution is 2.28. The molecule has 28 heavy (non-hydrogen) atoms.